The van der Waals surface area contributed by atoms with Crippen LogP contribution < -0.4 is 5.73 Å². The van der Waals surface area contributed by atoms with Gasteiger partial charge in [0.2, 0.25) is 0 Å². The van der Waals surface area contributed by atoms with E-state index in [1.54, 1.807) is 0 Å². The summed E-state index contributed by atoms with van der Waals surface area (Å²) in [4.78, 5) is 5.50. The van der Waals surface area contributed by atoms with Crippen LogP contribution in [0.2, 0.25) is 0 Å². The van der Waals surface area contributed by atoms with Gasteiger partial charge in [0.1, 0.15) is 0 Å². The number of rotatable bonds is 6. The molecule has 1 heterocycles. The van der Waals surface area contributed by atoms with E-state index in [1.165, 1.54) is 12.1 Å². The van der Waals surface area contributed by atoms with Crippen LogP contribution in [0.15, 0.2) is 18.3 Å². The highest BCUT2D eigenvalue weighted by Gasteiger charge is 1.99. The Hall–Kier alpha value is -0.800. The lowest BCUT2D eigenvalue weighted by Gasteiger charge is -2.14. The normalized spacial score (nSPS) is 11.0. The van der Waals surface area contributed by atoms with Crippen molar-refractivity contribution in [3.8, 4) is 0 Å². The molecule has 0 amide bonds. The molecule has 0 saturated heterocycles. The number of H-pyrrole nitrogens is 1. The maximum atomic E-state index is 5.43. The zero-order chi connectivity index (χ0) is 9.52. The zero-order valence-corrected chi connectivity index (χ0v) is 8.29. The van der Waals surface area contributed by atoms with Crippen molar-refractivity contribution in [2.75, 3.05) is 20.1 Å². The number of unbranched alkanes of at least 4 members (excludes halogenated alkanes) is 1. The van der Waals surface area contributed by atoms with Crippen LogP contribution in [0, 0.1) is 0 Å². The molecule has 0 aliphatic carbocycles. The lowest BCUT2D eigenvalue weighted by molar-refractivity contribution is 0.316. The largest absolute Gasteiger partial charge is 0.364 e. The van der Waals surface area contributed by atoms with Crippen molar-refractivity contribution < 1.29 is 0 Å². The van der Waals surface area contributed by atoms with Crippen LogP contribution in [-0.4, -0.2) is 30.0 Å². The van der Waals surface area contributed by atoms with E-state index in [1.807, 2.05) is 12.3 Å². The fourth-order valence-corrected chi connectivity index (χ4v) is 1.36. The van der Waals surface area contributed by atoms with Crippen LogP contribution in [0.25, 0.3) is 0 Å². The van der Waals surface area contributed by atoms with Crippen LogP contribution in [0.1, 0.15) is 18.5 Å². The molecular weight excluding hydrogens is 162 g/mol. The van der Waals surface area contributed by atoms with E-state index in [9.17, 15) is 0 Å². The Labute approximate surface area is 79.9 Å². The van der Waals surface area contributed by atoms with Crippen molar-refractivity contribution >= 4 is 0 Å². The van der Waals surface area contributed by atoms with Crippen LogP contribution in [0.3, 0.4) is 0 Å². The Morgan fingerprint density at radius 1 is 1.46 bits per heavy atom. The van der Waals surface area contributed by atoms with Crippen molar-refractivity contribution in [1.29, 1.82) is 0 Å². The highest BCUT2D eigenvalue weighted by atomic mass is 15.1. The molecule has 0 spiro atoms. The first kappa shape index (κ1) is 10.3. The van der Waals surface area contributed by atoms with Gasteiger partial charge in [0.15, 0.2) is 0 Å². The molecular formula is C10H19N3. The van der Waals surface area contributed by atoms with Crippen LogP contribution in [-0.2, 0) is 6.54 Å². The van der Waals surface area contributed by atoms with Gasteiger partial charge in [0, 0.05) is 18.4 Å². The Morgan fingerprint density at radius 3 is 2.92 bits per heavy atom. The summed E-state index contributed by atoms with van der Waals surface area (Å²) in [5.41, 5.74) is 6.70. The fourth-order valence-electron chi connectivity index (χ4n) is 1.36. The van der Waals surface area contributed by atoms with E-state index < -0.39 is 0 Å². The molecule has 0 radical (unpaired) electrons. The van der Waals surface area contributed by atoms with Crippen molar-refractivity contribution in [3.05, 3.63) is 24.0 Å². The van der Waals surface area contributed by atoms with Crippen molar-refractivity contribution in [2.45, 2.75) is 19.4 Å². The third-order valence-corrected chi connectivity index (χ3v) is 2.10. The summed E-state index contributed by atoms with van der Waals surface area (Å²) in [6.45, 7) is 2.92. The van der Waals surface area contributed by atoms with Gasteiger partial charge in [-0.1, -0.05) is 0 Å². The summed E-state index contributed by atoms with van der Waals surface area (Å²) in [5.74, 6) is 0. The molecule has 0 atom stereocenters. The Kier molecular flexibility index (Phi) is 4.57. The maximum absolute atomic E-state index is 5.43. The van der Waals surface area contributed by atoms with E-state index >= 15 is 0 Å². The van der Waals surface area contributed by atoms with Crippen LogP contribution >= 0.6 is 0 Å². The molecule has 0 aliphatic heterocycles. The third-order valence-electron chi connectivity index (χ3n) is 2.10. The minimum absolute atomic E-state index is 0.802. The smallest absolute Gasteiger partial charge is 0.0382 e. The zero-order valence-electron chi connectivity index (χ0n) is 8.29. The molecule has 3 N–H and O–H groups in total. The average Bonchev–Trinajstić information content (AvgIpc) is 2.57. The van der Waals surface area contributed by atoms with Gasteiger partial charge in [-0.15, -0.1) is 0 Å². The van der Waals surface area contributed by atoms with E-state index in [2.05, 4.69) is 23.0 Å². The second kappa shape index (κ2) is 5.78. The highest BCUT2D eigenvalue weighted by molar-refractivity contribution is 5.02. The van der Waals surface area contributed by atoms with Gasteiger partial charge < -0.3 is 15.6 Å². The predicted octanol–water partition coefficient (Wildman–Crippen LogP) is 1.19. The molecule has 13 heavy (non-hydrogen) atoms. The van der Waals surface area contributed by atoms with Crippen molar-refractivity contribution in [3.63, 3.8) is 0 Å². The average molecular weight is 181 g/mol. The molecule has 0 saturated carbocycles. The first-order chi connectivity index (χ1) is 6.33. The molecule has 1 aromatic rings. The van der Waals surface area contributed by atoms with Gasteiger partial charge in [-0.25, -0.2) is 0 Å². The van der Waals surface area contributed by atoms with Gasteiger partial charge in [-0.3, -0.25) is 0 Å². The number of aromatic nitrogens is 1. The molecule has 1 aromatic heterocycles. The highest BCUT2D eigenvalue weighted by Crippen LogP contribution is 2.00. The van der Waals surface area contributed by atoms with Crippen molar-refractivity contribution in [2.24, 2.45) is 5.73 Å². The molecule has 0 fully saturated rings. The molecule has 1 rings (SSSR count). The first-order valence-corrected chi connectivity index (χ1v) is 4.84. The number of nitrogens with zero attached hydrogens (tertiary/aromatic N) is 1. The summed E-state index contributed by atoms with van der Waals surface area (Å²) in [5, 5.41) is 0. The van der Waals surface area contributed by atoms with E-state index in [0.717, 1.165) is 26.1 Å². The number of hydrogen-bond acceptors (Lipinski definition) is 2. The van der Waals surface area contributed by atoms with Gasteiger partial charge >= 0.3 is 0 Å². The Balaban J connectivity index is 2.14. The fraction of sp³-hybridized carbons (Fsp3) is 0.600. The van der Waals surface area contributed by atoms with Gasteiger partial charge in [0.05, 0.1) is 0 Å². The van der Waals surface area contributed by atoms with Crippen LogP contribution in [0.5, 0.6) is 0 Å². The summed E-state index contributed by atoms with van der Waals surface area (Å²) < 4.78 is 0. The number of aromatic amines is 1. The second-order valence-corrected chi connectivity index (χ2v) is 3.43. The molecule has 0 aromatic carbocycles. The molecule has 0 aliphatic rings. The summed E-state index contributed by atoms with van der Waals surface area (Å²) >= 11 is 0. The third kappa shape index (κ3) is 4.10. The molecule has 0 unspecified atom stereocenters. The number of nitrogens with two attached hydrogens (primary N) is 1. The second-order valence-electron chi connectivity index (χ2n) is 3.43. The summed E-state index contributed by atoms with van der Waals surface area (Å²) in [6.07, 6.45) is 4.27. The van der Waals surface area contributed by atoms with Gasteiger partial charge in [-0.05, 0) is 45.1 Å². The van der Waals surface area contributed by atoms with E-state index in [0.29, 0.717) is 0 Å². The number of nitrogens with one attached hydrogen (secondary N) is 1. The molecule has 3 nitrogen and oxygen atoms in total. The maximum Gasteiger partial charge on any atom is 0.0382 e. The van der Waals surface area contributed by atoms with Crippen molar-refractivity contribution in [1.82, 2.24) is 9.88 Å². The minimum atomic E-state index is 0.802. The lowest BCUT2D eigenvalue weighted by Crippen LogP contribution is -2.19. The SMILES string of the molecule is CN(CCCCN)Cc1ccc[nH]1. The number of hydrogen-bond donors (Lipinski definition) is 2. The van der Waals surface area contributed by atoms with Gasteiger partial charge in [0.25, 0.3) is 0 Å². The summed E-state index contributed by atoms with van der Waals surface area (Å²) in [7, 11) is 2.14. The molecule has 3 heteroatoms. The quantitative estimate of drug-likeness (QED) is 0.647. The minimum Gasteiger partial charge on any atom is -0.364 e. The Bertz CT molecular complexity index is 206. The van der Waals surface area contributed by atoms with Crippen LogP contribution in [0.4, 0.5) is 0 Å². The van der Waals surface area contributed by atoms with E-state index in [-0.39, 0.29) is 0 Å². The molecule has 74 valence electrons. The lowest BCUT2D eigenvalue weighted by atomic mass is 10.3. The predicted molar refractivity (Wildman–Crippen MR) is 55.4 cm³/mol. The standard InChI is InChI=1S/C10H19N3/c1-13(8-3-2-6-11)9-10-5-4-7-12-10/h4-5,7,12H,2-3,6,8-9,11H2,1H3. The van der Waals surface area contributed by atoms with Gasteiger partial charge in [-0.2, -0.15) is 0 Å². The molecule has 0 bridgehead atoms. The Morgan fingerprint density at radius 2 is 2.31 bits per heavy atom. The first-order valence-electron chi connectivity index (χ1n) is 4.84. The topological polar surface area (TPSA) is 45.0 Å². The van der Waals surface area contributed by atoms with E-state index in [4.69, 9.17) is 5.73 Å². The monoisotopic (exact) mass is 181 g/mol. The summed E-state index contributed by atoms with van der Waals surface area (Å²) in [6, 6.07) is 4.14.